The van der Waals surface area contributed by atoms with Crippen molar-refractivity contribution in [1.82, 2.24) is 20.8 Å². The molecule has 0 saturated carbocycles. The van der Waals surface area contributed by atoms with Crippen molar-refractivity contribution in [3.05, 3.63) is 17.5 Å². The van der Waals surface area contributed by atoms with Crippen LogP contribution in [0.3, 0.4) is 0 Å². The van der Waals surface area contributed by atoms with E-state index in [9.17, 15) is 4.79 Å². The smallest absolute Gasteiger partial charge is 0.407 e. The number of aromatic amines is 1. The predicted octanol–water partition coefficient (Wildman–Crippen LogP) is 3.49. The summed E-state index contributed by atoms with van der Waals surface area (Å²) in [5.41, 5.74) is 1.86. The number of carbonyl (C=O) groups is 1. The first-order valence-electron chi connectivity index (χ1n) is 8.76. The van der Waals surface area contributed by atoms with Crippen molar-refractivity contribution < 1.29 is 9.53 Å². The van der Waals surface area contributed by atoms with E-state index >= 15 is 0 Å². The molecule has 1 heterocycles. The van der Waals surface area contributed by atoms with Crippen molar-refractivity contribution in [3.63, 3.8) is 0 Å². The maximum Gasteiger partial charge on any atom is 0.407 e. The van der Waals surface area contributed by atoms with E-state index in [0.29, 0.717) is 6.54 Å². The Kier molecular flexibility index (Phi) is 7.27. The van der Waals surface area contributed by atoms with Gasteiger partial charge in [0, 0.05) is 35.8 Å². The zero-order valence-corrected chi connectivity index (χ0v) is 16.2. The lowest BCUT2D eigenvalue weighted by Crippen LogP contribution is -2.44. The fourth-order valence-corrected chi connectivity index (χ4v) is 2.52. The zero-order chi connectivity index (χ0) is 18.4. The van der Waals surface area contributed by atoms with Gasteiger partial charge in [0.25, 0.3) is 0 Å². The molecule has 1 amide bonds. The molecule has 6 heteroatoms. The number of ether oxygens (including phenoxy) is 1. The first-order valence-corrected chi connectivity index (χ1v) is 8.76. The van der Waals surface area contributed by atoms with E-state index < -0.39 is 5.60 Å². The van der Waals surface area contributed by atoms with E-state index in [1.807, 2.05) is 27.0 Å². The molecule has 3 N–H and O–H groups in total. The third-order valence-corrected chi connectivity index (χ3v) is 3.53. The van der Waals surface area contributed by atoms with Crippen molar-refractivity contribution in [1.29, 1.82) is 0 Å². The van der Waals surface area contributed by atoms with Crippen LogP contribution in [0.25, 0.3) is 0 Å². The fraction of sp³-hybridized carbons (Fsp3) is 0.778. The second kappa shape index (κ2) is 8.51. The first kappa shape index (κ1) is 20.5. The lowest BCUT2D eigenvalue weighted by molar-refractivity contribution is 0.0501. The molecule has 1 aromatic heterocycles. The van der Waals surface area contributed by atoms with Crippen LogP contribution in [0.15, 0.2) is 6.20 Å². The molecular formula is C18H34N4O2. The van der Waals surface area contributed by atoms with Gasteiger partial charge in [-0.25, -0.2) is 4.79 Å². The summed E-state index contributed by atoms with van der Waals surface area (Å²) in [5.74, 6) is 0. The van der Waals surface area contributed by atoms with E-state index in [1.165, 1.54) is 0 Å². The molecule has 0 aromatic carbocycles. The predicted molar refractivity (Wildman–Crippen MR) is 97.1 cm³/mol. The second-order valence-electron chi connectivity index (χ2n) is 8.28. The Balaban J connectivity index is 2.53. The van der Waals surface area contributed by atoms with Crippen molar-refractivity contribution in [2.45, 2.75) is 84.9 Å². The van der Waals surface area contributed by atoms with Gasteiger partial charge < -0.3 is 15.4 Å². The van der Waals surface area contributed by atoms with E-state index in [2.05, 4.69) is 48.5 Å². The number of amides is 1. The van der Waals surface area contributed by atoms with Crippen LogP contribution in [0.5, 0.6) is 0 Å². The molecule has 0 saturated heterocycles. The van der Waals surface area contributed by atoms with Gasteiger partial charge in [0.2, 0.25) is 0 Å². The topological polar surface area (TPSA) is 79.0 Å². The van der Waals surface area contributed by atoms with Gasteiger partial charge in [0.15, 0.2) is 0 Å². The number of nitrogens with one attached hydrogen (secondary N) is 3. The van der Waals surface area contributed by atoms with E-state index in [1.54, 1.807) is 0 Å². The summed E-state index contributed by atoms with van der Waals surface area (Å²) in [6.45, 7) is 15.6. The number of aromatic nitrogens is 2. The number of hydrogen-bond donors (Lipinski definition) is 3. The van der Waals surface area contributed by atoms with Crippen LogP contribution >= 0.6 is 0 Å². The summed E-state index contributed by atoms with van der Waals surface area (Å²) in [7, 11) is 0. The number of rotatable bonds is 7. The molecule has 0 spiro atoms. The van der Waals surface area contributed by atoms with Crippen LogP contribution in [0, 0.1) is 0 Å². The molecule has 0 fully saturated rings. The van der Waals surface area contributed by atoms with Gasteiger partial charge in [-0.15, -0.1) is 0 Å². The van der Waals surface area contributed by atoms with Gasteiger partial charge in [0.1, 0.15) is 5.60 Å². The van der Waals surface area contributed by atoms with Crippen LogP contribution in [-0.2, 0) is 16.7 Å². The standard InChI is InChI=1S/C18H34N4O2/c1-8-9-14(21-16(23)24-18(5,6)7)12-19-10-13-11-20-22-15(13)17(2,3)4/h11,14,19H,8-10,12H2,1-7H3,(H,20,22)(H,21,23). The normalized spacial score (nSPS) is 13.6. The number of H-pyrrole nitrogens is 1. The van der Waals surface area contributed by atoms with Crippen molar-refractivity contribution in [3.8, 4) is 0 Å². The number of nitrogens with zero attached hydrogens (tertiary/aromatic N) is 1. The zero-order valence-electron chi connectivity index (χ0n) is 16.2. The minimum Gasteiger partial charge on any atom is -0.444 e. The number of carbonyl (C=O) groups excluding carboxylic acids is 1. The Morgan fingerprint density at radius 3 is 2.50 bits per heavy atom. The minimum absolute atomic E-state index is 0.0328. The van der Waals surface area contributed by atoms with E-state index in [0.717, 1.165) is 30.6 Å². The highest BCUT2D eigenvalue weighted by Crippen LogP contribution is 2.23. The van der Waals surface area contributed by atoms with E-state index in [4.69, 9.17) is 4.74 Å². The van der Waals surface area contributed by atoms with Crippen LogP contribution in [0.1, 0.15) is 72.6 Å². The SMILES string of the molecule is CCCC(CNCc1cn[nH]c1C(C)(C)C)NC(=O)OC(C)(C)C. The third kappa shape index (κ3) is 7.34. The summed E-state index contributed by atoms with van der Waals surface area (Å²) >= 11 is 0. The summed E-state index contributed by atoms with van der Waals surface area (Å²) < 4.78 is 5.34. The summed E-state index contributed by atoms with van der Waals surface area (Å²) in [6.07, 6.45) is 3.41. The maximum atomic E-state index is 11.9. The molecule has 0 bridgehead atoms. The highest BCUT2D eigenvalue weighted by Gasteiger charge is 2.21. The molecular weight excluding hydrogens is 304 g/mol. The van der Waals surface area contributed by atoms with Gasteiger partial charge in [0.05, 0.1) is 6.20 Å². The Hall–Kier alpha value is -1.56. The highest BCUT2D eigenvalue weighted by atomic mass is 16.6. The lowest BCUT2D eigenvalue weighted by Gasteiger charge is -2.24. The Labute approximate surface area is 146 Å². The molecule has 1 unspecified atom stereocenters. The Bertz CT molecular complexity index is 512. The number of alkyl carbamates (subject to hydrolysis) is 1. The molecule has 0 aliphatic carbocycles. The molecule has 1 rings (SSSR count). The fourth-order valence-electron chi connectivity index (χ4n) is 2.52. The van der Waals surface area contributed by atoms with E-state index in [-0.39, 0.29) is 17.6 Å². The molecule has 0 radical (unpaired) electrons. The largest absolute Gasteiger partial charge is 0.444 e. The molecule has 24 heavy (non-hydrogen) atoms. The van der Waals surface area contributed by atoms with Gasteiger partial charge in [-0.2, -0.15) is 5.10 Å². The minimum atomic E-state index is -0.479. The van der Waals surface area contributed by atoms with Gasteiger partial charge >= 0.3 is 6.09 Å². The van der Waals surface area contributed by atoms with Crippen molar-refractivity contribution in [2.75, 3.05) is 6.54 Å². The highest BCUT2D eigenvalue weighted by molar-refractivity contribution is 5.68. The summed E-state index contributed by atoms with van der Waals surface area (Å²) in [4.78, 5) is 11.9. The maximum absolute atomic E-state index is 11.9. The average Bonchev–Trinajstić information content (AvgIpc) is 2.84. The molecule has 138 valence electrons. The van der Waals surface area contributed by atoms with Crippen LogP contribution < -0.4 is 10.6 Å². The molecule has 6 nitrogen and oxygen atoms in total. The van der Waals surface area contributed by atoms with Crippen molar-refractivity contribution in [2.24, 2.45) is 0 Å². The Morgan fingerprint density at radius 1 is 1.29 bits per heavy atom. The van der Waals surface area contributed by atoms with Gasteiger partial charge in [-0.3, -0.25) is 5.10 Å². The monoisotopic (exact) mass is 338 g/mol. The first-order chi connectivity index (χ1) is 11.0. The average molecular weight is 338 g/mol. The number of hydrogen-bond acceptors (Lipinski definition) is 4. The lowest BCUT2D eigenvalue weighted by atomic mass is 9.89. The third-order valence-electron chi connectivity index (χ3n) is 3.53. The Morgan fingerprint density at radius 2 is 1.96 bits per heavy atom. The molecule has 0 aliphatic rings. The van der Waals surface area contributed by atoms with Crippen LogP contribution in [0.2, 0.25) is 0 Å². The van der Waals surface area contributed by atoms with Crippen molar-refractivity contribution >= 4 is 6.09 Å². The van der Waals surface area contributed by atoms with Crippen LogP contribution in [0.4, 0.5) is 4.79 Å². The second-order valence-corrected chi connectivity index (χ2v) is 8.28. The summed E-state index contributed by atoms with van der Waals surface area (Å²) in [6, 6.07) is 0.0508. The van der Waals surface area contributed by atoms with Gasteiger partial charge in [-0.1, -0.05) is 34.1 Å². The summed E-state index contributed by atoms with van der Waals surface area (Å²) in [5, 5.41) is 13.6. The molecule has 1 atom stereocenters. The molecule has 0 aliphatic heterocycles. The quantitative estimate of drug-likeness (QED) is 0.711. The molecule has 1 aromatic rings. The van der Waals surface area contributed by atoms with Crippen LogP contribution in [-0.4, -0.2) is 34.5 Å². The van der Waals surface area contributed by atoms with Gasteiger partial charge in [-0.05, 0) is 27.2 Å².